The summed E-state index contributed by atoms with van der Waals surface area (Å²) in [6.45, 7) is 5.88. The predicted molar refractivity (Wildman–Crippen MR) is 83.8 cm³/mol. The summed E-state index contributed by atoms with van der Waals surface area (Å²) in [6, 6.07) is 1.68. The van der Waals surface area contributed by atoms with Gasteiger partial charge in [0.05, 0.1) is 31.6 Å². The molecule has 2 rings (SSSR count). The molecule has 0 aliphatic carbocycles. The zero-order valence-corrected chi connectivity index (χ0v) is 12.9. The number of aromatic nitrogens is 2. The summed E-state index contributed by atoms with van der Waals surface area (Å²) in [5.41, 5.74) is 0.880. The Balaban J connectivity index is 1.93. The lowest BCUT2D eigenvalue weighted by molar-refractivity contribution is 0.137. The van der Waals surface area contributed by atoms with Crippen molar-refractivity contribution in [3.63, 3.8) is 0 Å². The minimum Gasteiger partial charge on any atom is -0.379 e. The minimum absolute atomic E-state index is 0.0596. The molecule has 0 spiro atoms. The third-order valence-corrected chi connectivity index (χ3v) is 3.87. The van der Waals surface area contributed by atoms with Crippen molar-refractivity contribution in [1.82, 2.24) is 9.78 Å². The first-order valence-electron chi connectivity index (χ1n) is 7.21. The lowest BCUT2D eigenvalue weighted by atomic mass is 9.99. The summed E-state index contributed by atoms with van der Waals surface area (Å²) in [6.07, 6.45) is 4.15. The average molecular weight is 297 g/mol. The first-order valence-corrected chi connectivity index (χ1v) is 7.84. The maximum absolute atomic E-state index is 12.0. The second-order valence-corrected chi connectivity index (χ2v) is 5.73. The zero-order valence-electron chi connectivity index (χ0n) is 12.0. The van der Waals surface area contributed by atoms with Crippen LogP contribution < -0.4 is 10.5 Å². The molecule has 0 N–H and O–H groups in total. The van der Waals surface area contributed by atoms with E-state index in [-0.39, 0.29) is 5.56 Å². The molecule has 6 heteroatoms. The molecule has 20 heavy (non-hydrogen) atoms. The third-order valence-electron chi connectivity index (χ3n) is 3.69. The highest BCUT2D eigenvalue weighted by molar-refractivity contribution is 7.80. The monoisotopic (exact) mass is 297 g/mol. The van der Waals surface area contributed by atoms with Gasteiger partial charge in [0.25, 0.3) is 5.56 Å². The number of hydrogen-bond acceptors (Lipinski definition) is 5. The first-order chi connectivity index (χ1) is 9.70. The Bertz CT molecular complexity index is 470. The van der Waals surface area contributed by atoms with Gasteiger partial charge >= 0.3 is 0 Å². The van der Waals surface area contributed by atoms with Gasteiger partial charge in [-0.2, -0.15) is 17.7 Å². The normalized spacial score (nSPS) is 16.6. The van der Waals surface area contributed by atoms with E-state index in [1.807, 2.05) is 0 Å². The second-order valence-electron chi connectivity index (χ2n) is 5.28. The Morgan fingerprint density at radius 1 is 1.40 bits per heavy atom. The van der Waals surface area contributed by atoms with Crippen LogP contribution in [0.1, 0.15) is 19.8 Å². The molecule has 1 aromatic rings. The van der Waals surface area contributed by atoms with Crippen LogP contribution in [0, 0.1) is 5.92 Å². The topological polar surface area (TPSA) is 47.4 Å². The summed E-state index contributed by atoms with van der Waals surface area (Å²) >= 11 is 4.06. The van der Waals surface area contributed by atoms with Crippen LogP contribution in [-0.4, -0.2) is 41.8 Å². The van der Waals surface area contributed by atoms with Gasteiger partial charge in [0.15, 0.2) is 0 Å². The summed E-state index contributed by atoms with van der Waals surface area (Å²) in [5.74, 6) is 1.47. The van der Waals surface area contributed by atoms with Crippen molar-refractivity contribution in [2.45, 2.75) is 26.3 Å². The van der Waals surface area contributed by atoms with E-state index in [9.17, 15) is 4.79 Å². The molecule has 2 heterocycles. The van der Waals surface area contributed by atoms with Gasteiger partial charge in [0.2, 0.25) is 0 Å². The summed E-state index contributed by atoms with van der Waals surface area (Å²) in [5, 5.41) is 4.23. The van der Waals surface area contributed by atoms with Crippen LogP contribution in [0.15, 0.2) is 17.1 Å². The fourth-order valence-electron chi connectivity index (χ4n) is 2.35. The number of piperidine rings is 1. The maximum Gasteiger partial charge on any atom is 0.268 e. The molecule has 5 nitrogen and oxygen atoms in total. The lowest BCUT2D eigenvalue weighted by Crippen LogP contribution is -2.34. The molecule has 0 atom stereocenters. The van der Waals surface area contributed by atoms with Crippen molar-refractivity contribution in [2.75, 3.05) is 37.0 Å². The van der Waals surface area contributed by atoms with E-state index in [1.54, 1.807) is 12.3 Å². The smallest absolute Gasteiger partial charge is 0.268 e. The van der Waals surface area contributed by atoms with Crippen LogP contribution in [0.4, 0.5) is 5.69 Å². The van der Waals surface area contributed by atoms with E-state index in [4.69, 9.17) is 4.74 Å². The van der Waals surface area contributed by atoms with Gasteiger partial charge in [-0.3, -0.25) is 4.79 Å². The largest absolute Gasteiger partial charge is 0.379 e. The van der Waals surface area contributed by atoms with Crippen LogP contribution in [0.2, 0.25) is 0 Å². The predicted octanol–water partition coefficient (Wildman–Crippen LogP) is 1.43. The quantitative estimate of drug-likeness (QED) is 0.637. The standard InChI is InChI=1S/C14H23N3O2S/c1-12-2-4-16(5-3-12)13-10-14(18)17(15-11-13)6-7-19-8-9-20/h10-12,20H,2-9H2,1H3. The van der Waals surface area contributed by atoms with E-state index in [0.29, 0.717) is 25.5 Å². The van der Waals surface area contributed by atoms with Gasteiger partial charge in [0.1, 0.15) is 0 Å². The number of anilines is 1. The SMILES string of the molecule is CC1CCN(c2cnn(CCOCCS)c(=O)c2)CC1. The summed E-state index contributed by atoms with van der Waals surface area (Å²) in [7, 11) is 0. The van der Waals surface area contributed by atoms with Gasteiger partial charge in [-0.25, -0.2) is 4.68 Å². The van der Waals surface area contributed by atoms with Crippen LogP contribution in [0.3, 0.4) is 0 Å². The third kappa shape index (κ3) is 4.24. The number of thiol groups is 1. The van der Waals surface area contributed by atoms with Gasteiger partial charge in [-0.05, 0) is 18.8 Å². The van der Waals surface area contributed by atoms with Crippen molar-refractivity contribution < 1.29 is 4.74 Å². The lowest BCUT2D eigenvalue weighted by Gasteiger charge is -2.31. The highest BCUT2D eigenvalue weighted by Gasteiger charge is 2.16. The fourth-order valence-corrected chi connectivity index (χ4v) is 2.48. The number of rotatable bonds is 6. The second kappa shape index (κ2) is 7.69. The van der Waals surface area contributed by atoms with Gasteiger partial charge in [0, 0.05) is 24.9 Å². The number of ether oxygens (including phenoxy) is 1. The summed E-state index contributed by atoms with van der Waals surface area (Å²) in [4.78, 5) is 14.3. The molecule has 0 amide bonds. The van der Waals surface area contributed by atoms with Crippen molar-refractivity contribution in [2.24, 2.45) is 5.92 Å². The van der Waals surface area contributed by atoms with Gasteiger partial charge in [-0.15, -0.1) is 0 Å². The molecule has 1 saturated heterocycles. The Morgan fingerprint density at radius 3 is 2.80 bits per heavy atom. The Morgan fingerprint density at radius 2 is 2.15 bits per heavy atom. The van der Waals surface area contributed by atoms with Crippen molar-refractivity contribution >= 4 is 18.3 Å². The van der Waals surface area contributed by atoms with E-state index < -0.39 is 0 Å². The van der Waals surface area contributed by atoms with Crippen molar-refractivity contribution in [3.05, 3.63) is 22.6 Å². The molecule has 0 saturated carbocycles. The molecule has 0 bridgehead atoms. The average Bonchev–Trinajstić information content (AvgIpc) is 2.46. The Labute approximate surface area is 125 Å². The molecule has 1 aliphatic rings. The summed E-state index contributed by atoms with van der Waals surface area (Å²) < 4.78 is 6.77. The Kier molecular flexibility index (Phi) is 5.91. The van der Waals surface area contributed by atoms with Crippen LogP contribution in [-0.2, 0) is 11.3 Å². The molecular formula is C14H23N3O2S. The van der Waals surface area contributed by atoms with Crippen molar-refractivity contribution in [3.8, 4) is 0 Å². The van der Waals surface area contributed by atoms with Gasteiger partial charge in [-0.1, -0.05) is 6.92 Å². The molecular weight excluding hydrogens is 274 g/mol. The molecule has 0 aromatic carbocycles. The molecule has 1 aliphatic heterocycles. The maximum atomic E-state index is 12.0. The highest BCUT2D eigenvalue weighted by Crippen LogP contribution is 2.20. The van der Waals surface area contributed by atoms with Crippen LogP contribution in [0.25, 0.3) is 0 Å². The minimum atomic E-state index is -0.0596. The molecule has 112 valence electrons. The molecule has 1 fully saturated rings. The van der Waals surface area contributed by atoms with Gasteiger partial charge < -0.3 is 9.64 Å². The Hall–Kier alpha value is -1.01. The molecule has 1 aromatic heterocycles. The fraction of sp³-hybridized carbons (Fsp3) is 0.714. The van der Waals surface area contributed by atoms with E-state index >= 15 is 0 Å². The van der Waals surface area contributed by atoms with E-state index in [1.165, 1.54) is 17.5 Å². The van der Waals surface area contributed by atoms with E-state index in [0.717, 1.165) is 24.7 Å². The number of nitrogens with zero attached hydrogens (tertiary/aromatic N) is 3. The van der Waals surface area contributed by atoms with Crippen LogP contribution in [0.5, 0.6) is 0 Å². The number of hydrogen-bond donors (Lipinski definition) is 1. The zero-order chi connectivity index (χ0) is 14.4. The first kappa shape index (κ1) is 15.4. The molecule has 0 unspecified atom stereocenters. The highest BCUT2D eigenvalue weighted by atomic mass is 32.1. The van der Waals surface area contributed by atoms with E-state index in [2.05, 4.69) is 29.6 Å². The van der Waals surface area contributed by atoms with Crippen LogP contribution >= 0.6 is 12.6 Å². The van der Waals surface area contributed by atoms with Crippen molar-refractivity contribution in [1.29, 1.82) is 0 Å². The molecule has 0 radical (unpaired) electrons.